The molecule has 1 N–H and O–H groups in total. The molecule has 0 aromatic heterocycles. The Bertz CT molecular complexity index is 899. The first kappa shape index (κ1) is 16.4. The van der Waals surface area contributed by atoms with Crippen LogP contribution in [0.15, 0.2) is 89.8 Å². The fraction of sp³-hybridized carbons (Fsp3) is 0. The maximum absolute atomic E-state index is 13.1. The van der Waals surface area contributed by atoms with E-state index in [0.29, 0.717) is 16.4 Å². The van der Waals surface area contributed by atoms with Gasteiger partial charge in [0, 0.05) is 5.02 Å². The summed E-state index contributed by atoms with van der Waals surface area (Å²) in [6.07, 6.45) is 0. The molecule has 122 valence electrons. The number of nitrogens with zero attached hydrogens (tertiary/aromatic N) is 1. The molecule has 3 aromatic carbocycles. The van der Waals surface area contributed by atoms with Gasteiger partial charge in [-0.25, -0.2) is 0 Å². The molecule has 24 heavy (non-hydrogen) atoms. The molecular weight excluding hydrogens is 344 g/mol. The highest BCUT2D eigenvalue weighted by Crippen LogP contribution is 2.25. The van der Waals surface area contributed by atoms with E-state index in [1.165, 1.54) is 12.1 Å². The van der Waals surface area contributed by atoms with Crippen molar-refractivity contribution in [3.63, 3.8) is 0 Å². The zero-order valence-electron chi connectivity index (χ0n) is 12.6. The van der Waals surface area contributed by atoms with E-state index in [9.17, 15) is 8.42 Å². The molecule has 3 rings (SSSR count). The van der Waals surface area contributed by atoms with Crippen molar-refractivity contribution in [3.05, 3.63) is 90.0 Å². The molecule has 0 aliphatic heterocycles. The maximum atomic E-state index is 13.1. The Kier molecular flexibility index (Phi) is 4.74. The van der Waals surface area contributed by atoms with Crippen molar-refractivity contribution in [3.8, 4) is 0 Å². The van der Waals surface area contributed by atoms with E-state index < -0.39 is 10.0 Å². The van der Waals surface area contributed by atoms with Gasteiger partial charge in [-0.2, -0.15) is 12.8 Å². The highest BCUT2D eigenvalue weighted by atomic mass is 35.5. The first-order valence-corrected chi connectivity index (χ1v) is 9.07. The normalized spacial score (nSPS) is 11.0. The molecule has 4 nitrogen and oxygen atoms in total. The minimum Gasteiger partial charge on any atom is -0.284 e. The number of benzene rings is 3. The molecule has 0 amide bonds. The van der Waals surface area contributed by atoms with E-state index in [1.807, 2.05) is 24.3 Å². The average Bonchev–Trinajstić information content (AvgIpc) is 2.61. The number of hydrogen-bond donors (Lipinski definition) is 1. The van der Waals surface area contributed by atoms with Gasteiger partial charge in [0.05, 0.1) is 16.3 Å². The number of halogens is 1. The predicted molar refractivity (Wildman–Crippen MR) is 97.6 cm³/mol. The Morgan fingerprint density at radius 1 is 0.750 bits per heavy atom. The second-order valence-electron chi connectivity index (χ2n) is 5.04. The largest absolute Gasteiger partial charge is 0.284 e. The Morgan fingerprint density at radius 3 is 1.88 bits per heavy atom. The fourth-order valence-electron chi connectivity index (χ4n) is 2.17. The summed E-state index contributed by atoms with van der Waals surface area (Å²) in [5.74, 6) is 0. The van der Waals surface area contributed by atoms with Gasteiger partial charge >= 0.3 is 0 Å². The van der Waals surface area contributed by atoms with Gasteiger partial charge in [0.2, 0.25) is 0 Å². The minimum atomic E-state index is -3.81. The number of sulfonamides is 1. The van der Waals surface area contributed by atoms with Crippen LogP contribution in [-0.4, -0.2) is 8.42 Å². The number of anilines is 2. The zero-order chi connectivity index (χ0) is 17.0. The van der Waals surface area contributed by atoms with Crippen LogP contribution in [0.2, 0.25) is 5.02 Å². The molecule has 0 unspecified atom stereocenters. The lowest BCUT2D eigenvalue weighted by molar-refractivity contribution is 0.594. The Hall–Kier alpha value is -2.50. The van der Waals surface area contributed by atoms with Gasteiger partial charge in [-0.05, 0) is 48.5 Å². The monoisotopic (exact) mass is 358 g/mol. The van der Waals surface area contributed by atoms with Gasteiger partial charge < -0.3 is 0 Å². The second kappa shape index (κ2) is 6.95. The van der Waals surface area contributed by atoms with Crippen LogP contribution < -0.4 is 9.84 Å². The summed E-state index contributed by atoms with van der Waals surface area (Å²) in [5.41, 5.74) is 4.14. The van der Waals surface area contributed by atoms with Crippen molar-refractivity contribution < 1.29 is 8.42 Å². The minimum absolute atomic E-state index is 0.152. The van der Waals surface area contributed by atoms with Gasteiger partial charge in [0.15, 0.2) is 0 Å². The van der Waals surface area contributed by atoms with Crippen molar-refractivity contribution in [2.45, 2.75) is 4.90 Å². The Morgan fingerprint density at radius 2 is 1.29 bits per heavy atom. The highest BCUT2D eigenvalue weighted by molar-refractivity contribution is 7.92. The van der Waals surface area contributed by atoms with Crippen molar-refractivity contribution >= 4 is 33.0 Å². The molecular formula is C18H15ClN2O2S. The Labute approximate surface area is 146 Å². The van der Waals surface area contributed by atoms with E-state index in [1.54, 1.807) is 48.5 Å². The van der Waals surface area contributed by atoms with Crippen LogP contribution >= 0.6 is 11.6 Å². The summed E-state index contributed by atoms with van der Waals surface area (Å²) in [7, 11) is -3.81. The standard InChI is InChI=1S/C18H15ClN2O2S/c19-15-11-13-18(14-12-15)24(22,23)21(17-9-5-2-6-10-17)20-16-7-3-1-4-8-16/h1-14,20H. The first-order chi connectivity index (χ1) is 11.6. The Balaban J connectivity index is 2.05. The molecule has 3 aromatic rings. The summed E-state index contributed by atoms with van der Waals surface area (Å²) < 4.78 is 27.3. The van der Waals surface area contributed by atoms with Crippen molar-refractivity contribution in [2.75, 3.05) is 9.84 Å². The van der Waals surface area contributed by atoms with E-state index in [2.05, 4.69) is 5.43 Å². The number of hydrogen-bond acceptors (Lipinski definition) is 3. The van der Waals surface area contributed by atoms with E-state index >= 15 is 0 Å². The summed E-state index contributed by atoms with van der Waals surface area (Å²) in [4.78, 5) is 0.152. The third-order valence-electron chi connectivity index (χ3n) is 3.35. The lowest BCUT2D eigenvalue weighted by Crippen LogP contribution is -2.36. The molecule has 0 aliphatic carbocycles. The van der Waals surface area contributed by atoms with Crippen molar-refractivity contribution in [1.29, 1.82) is 0 Å². The molecule has 6 heteroatoms. The van der Waals surface area contributed by atoms with Crippen LogP contribution in [0.3, 0.4) is 0 Å². The third-order valence-corrected chi connectivity index (χ3v) is 5.25. The van der Waals surface area contributed by atoms with Crippen molar-refractivity contribution in [2.24, 2.45) is 0 Å². The predicted octanol–water partition coefficient (Wildman–Crippen LogP) is 4.56. The van der Waals surface area contributed by atoms with E-state index in [-0.39, 0.29) is 4.90 Å². The van der Waals surface area contributed by atoms with Crippen LogP contribution in [0.25, 0.3) is 0 Å². The number of para-hydroxylation sites is 2. The lowest BCUT2D eigenvalue weighted by atomic mass is 10.3. The first-order valence-electron chi connectivity index (χ1n) is 7.25. The van der Waals surface area contributed by atoms with Crippen LogP contribution in [0.4, 0.5) is 11.4 Å². The van der Waals surface area contributed by atoms with Gasteiger partial charge in [0.25, 0.3) is 10.0 Å². The number of hydrazine groups is 1. The SMILES string of the molecule is O=S(=O)(c1ccc(Cl)cc1)N(Nc1ccccc1)c1ccccc1. The molecule has 0 spiro atoms. The smallest absolute Gasteiger partial charge is 0.281 e. The van der Waals surface area contributed by atoms with Gasteiger partial charge in [-0.3, -0.25) is 5.43 Å². The molecule has 0 saturated heterocycles. The van der Waals surface area contributed by atoms with Crippen LogP contribution in [0.5, 0.6) is 0 Å². The quantitative estimate of drug-likeness (QED) is 0.680. The van der Waals surface area contributed by atoms with Crippen LogP contribution in [0, 0.1) is 0 Å². The summed E-state index contributed by atoms with van der Waals surface area (Å²) in [6, 6.07) is 24.1. The van der Waals surface area contributed by atoms with Crippen molar-refractivity contribution in [1.82, 2.24) is 0 Å². The fourth-order valence-corrected chi connectivity index (χ4v) is 3.61. The number of nitrogens with one attached hydrogen (secondary N) is 1. The summed E-state index contributed by atoms with van der Waals surface area (Å²) >= 11 is 5.86. The van der Waals surface area contributed by atoms with Crippen LogP contribution in [-0.2, 0) is 10.0 Å². The van der Waals surface area contributed by atoms with Gasteiger partial charge in [-0.15, -0.1) is 0 Å². The zero-order valence-corrected chi connectivity index (χ0v) is 14.2. The van der Waals surface area contributed by atoms with Gasteiger partial charge in [0.1, 0.15) is 0 Å². The summed E-state index contributed by atoms with van der Waals surface area (Å²) in [6.45, 7) is 0. The topological polar surface area (TPSA) is 49.4 Å². The lowest BCUT2D eigenvalue weighted by Gasteiger charge is -2.26. The highest BCUT2D eigenvalue weighted by Gasteiger charge is 2.25. The maximum Gasteiger partial charge on any atom is 0.281 e. The van der Waals surface area contributed by atoms with Gasteiger partial charge in [-0.1, -0.05) is 48.0 Å². The molecule has 0 aliphatic rings. The average molecular weight is 359 g/mol. The van der Waals surface area contributed by atoms with E-state index in [4.69, 9.17) is 11.6 Å². The molecule has 0 atom stereocenters. The van der Waals surface area contributed by atoms with Crippen LogP contribution in [0.1, 0.15) is 0 Å². The number of rotatable bonds is 5. The summed E-state index contributed by atoms with van der Waals surface area (Å²) in [5, 5.41) is 0.483. The molecule has 0 fully saturated rings. The molecule has 0 radical (unpaired) electrons. The third kappa shape index (κ3) is 3.53. The molecule has 0 heterocycles. The molecule has 0 bridgehead atoms. The molecule has 0 saturated carbocycles. The second-order valence-corrected chi connectivity index (χ2v) is 7.26. The van der Waals surface area contributed by atoms with E-state index in [0.717, 1.165) is 4.41 Å².